The number of aromatic nitrogens is 2. The van der Waals surface area contributed by atoms with E-state index in [-0.39, 0.29) is 53.0 Å². The van der Waals surface area contributed by atoms with Gasteiger partial charge in [-0.05, 0) is 49.9 Å². The molecule has 158 valence electrons. The minimum atomic E-state index is -2.74. The molecule has 1 amide bonds. The van der Waals surface area contributed by atoms with Gasteiger partial charge in [-0.2, -0.15) is 0 Å². The molecule has 29 heavy (non-hydrogen) atoms. The third-order valence-electron chi connectivity index (χ3n) is 7.31. The van der Waals surface area contributed by atoms with Crippen LogP contribution in [-0.2, 0) is 10.8 Å². The molecule has 6 nitrogen and oxygen atoms in total. The predicted molar refractivity (Wildman–Crippen MR) is 101 cm³/mol. The van der Waals surface area contributed by atoms with Gasteiger partial charge in [0.1, 0.15) is 0 Å². The summed E-state index contributed by atoms with van der Waals surface area (Å²) in [5.41, 5.74) is -0.112. The Kier molecular flexibility index (Phi) is 4.37. The monoisotopic (exact) mass is 425 g/mol. The van der Waals surface area contributed by atoms with E-state index in [9.17, 15) is 22.9 Å². The first-order valence-corrected chi connectivity index (χ1v) is 11.8. The molecule has 5 aliphatic rings. The van der Waals surface area contributed by atoms with E-state index in [0.717, 1.165) is 19.3 Å². The smallest absolute Gasteiger partial charge is 0.254 e. The van der Waals surface area contributed by atoms with Gasteiger partial charge < -0.3 is 10.4 Å². The normalized spacial score (nSPS) is 38.5. The van der Waals surface area contributed by atoms with E-state index in [2.05, 4.69) is 15.3 Å². The number of halogens is 2. The van der Waals surface area contributed by atoms with Crippen molar-refractivity contribution in [3.05, 3.63) is 17.5 Å². The van der Waals surface area contributed by atoms with Crippen LogP contribution in [0.25, 0.3) is 0 Å². The van der Waals surface area contributed by atoms with Gasteiger partial charge in [-0.1, -0.05) is 0 Å². The Balaban J connectivity index is 1.39. The fourth-order valence-corrected chi connectivity index (χ4v) is 6.73. The van der Waals surface area contributed by atoms with Gasteiger partial charge in [0.2, 0.25) is 11.1 Å². The summed E-state index contributed by atoms with van der Waals surface area (Å²) in [5, 5.41) is 13.9. The van der Waals surface area contributed by atoms with Crippen LogP contribution in [0.5, 0.6) is 0 Å². The van der Waals surface area contributed by atoms with Crippen molar-refractivity contribution >= 4 is 16.7 Å². The van der Waals surface area contributed by atoms with Gasteiger partial charge in [-0.3, -0.25) is 9.00 Å². The van der Waals surface area contributed by atoms with E-state index in [4.69, 9.17) is 0 Å². The Bertz CT molecular complexity index is 872. The molecule has 0 aliphatic heterocycles. The topological polar surface area (TPSA) is 92.2 Å². The van der Waals surface area contributed by atoms with Gasteiger partial charge in [0.05, 0.1) is 27.7 Å². The molecule has 3 atom stereocenters. The first-order valence-electron chi connectivity index (χ1n) is 10.2. The fraction of sp³-hybridized carbons (Fsp3) is 0.750. The van der Waals surface area contributed by atoms with Crippen LogP contribution < -0.4 is 5.32 Å². The highest BCUT2D eigenvalue weighted by molar-refractivity contribution is 7.84. The molecule has 5 aliphatic carbocycles. The maximum Gasteiger partial charge on any atom is 0.254 e. The highest BCUT2D eigenvalue weighted by Gasteiger charge is 2.55. The molecule has 1 heterocycles. The summed E-state index contributed by atoms with van der Waals surface area (Å²) in [4.78, 5) is 21.4. The first-order chi connectivity index (χ1) is 13.6. The maximum atomic E-state index is 13.4. The van der Waals surface area contributed by atoms with Crippen molar-refractivity contribution in [2.24, 2.45) is 17.8 Å². The third-order valence-corrected chi connectivity index (χ3v) is 8.02. The summed E-state index contributed by atoms with van der Waals surface area (Å²) < 4.78 is 38.7. The van der Waals surface area contributed by atoms with E-state index in [1.54, 1.807) is 0 Å². The lowest BCUT2D eigenvalue weighted by Gasteiger charge is -2.58. The lowest BCUT2D eigenvalue weighted by Crippen LogP contribution is -2.61. The molecule has 5 fully saturated rings. The minimum absolute atomic E-state index is 0.0185. The number of nitrogens with one attached hydrogen (secondary N) is 1. The molecule has 2 N–H and O–H groups in total. The van der Waals surface area contributed by atoms with Crippen LogP contribution >= 0.6 is 0 Å². The van der Waals surface area contributed by atoms with Gasteiger partial charge in [-0.15, -0.1) is 0 Å². The molecule has 0 aromatic carbocycles. The van der Waals surface area contributed by atoms with Crippen molar-refractivity contribution in [2.75, 3.05) is 6.26 Å². The number of hydrogen-bond acceptors (Lipinski definition) is 5. The number of nitrogens with zero attached hydrogens (tertiary/aromatic N) is 2. The van der Waals surface area contributed by atoms with Crippen LogP contribution in [0.4, 0.5) is 8.78 Å². The Morgan fingerprint density at radius 3 is 2.41 bits per heavy atom. The molecular weight excluding hydrogens is 400 g/mol. The summed E-state index contributed by atoms with van der Waals surface area (Å²) in [6.45, 7) is 0. The quantitative estimate of drug-likeness (QED) is 0.723. The van der Waals surface area contributed by atoms with Gasteiger partial charge in [0, 0.05) is 37.3 Å². The van der Waals surface area contributed by atoms with Crippen LogP contribution in [0.3, 0.4) is 0 Å². The molecule has 0 radical (unpaired) electrons. The van der Waals surface area contributed by atoms with Crippen molar-refractivity contribution in [1.29, 1.82) is 0 Å². The molecule has 9 heteroatoms. The van der Waals surface area contributed by atoms with E-state index >= 15 is 0 Å². The van der Waals surface area contributed by atoms with Crippen LogP contribution in [0.15, 0.2) is 11.4 Å². The second-order valence-corrected chi connectivity index (χ2v) is 10.8. The molecule has 1 aromatic rings. The van der Waals surface area contributed by atoms with Crippen molar-refractivity contribution in [1.82, 2.24) is 15.3 Å². The van der Waals surface area contributed by atoms with Crippen LogP contribution in [0.2, 0.25) is 0 Å². The zero-order valence-corrected chi connectivity index (χ0v) is 17.1. The Labute approximate surface area is 170 Å². The number of hydrogen-bond donors (Lipinski definition) is 2. The first kappa shape index (κ1) is 19.5. The van der Waals surface area contributed by atoms with Gasteiger partial charge in [0.15, 0.2) is 0 Å². The Morgan fingerprint density at radius 1 is 1.21 bits per heavy atom. The summed E-state index contributed by atoms with van der Waals surface area (Å²) >= 11 is 0. The fourth-order valence-electron chi connectivity index (χ4n) is 6.30. The lowest BCUT2D eigenvalue weighted by atomic mass is 9.52. The average molecular weight is 426 g/mol. The largest absolute Gasteiger partial charge is 0.390 e. The van der Waals surface area contributed by atoms with Crippen molar-refractivity contribution < 1.29 is 22.9 Å². The van der Waals surface area contributed by atoms with E-state index in [0.29, 0.717) is 18.8 Å². The molecule has 5 saturated carbocycles. The summed E-state index contributed by atoms with van der Waals surface area (Å²) in [5.74, 6) is -2.61. The second kappa shape index (κ2) is 6.51. The number of amides is 1. The second-order valence-electron chi connectivity index (χ2n) is 9.56. The third kappa shape index (κ3) is 3.40. The average Bonchev–Trinajstić information content (AvgIpc) is 2.60. The molecular formula is C20H25F2N3O3S. The van der Waals surface area contributed by atoms with Crippen LogP contribution in [0, 0.1) is 17.8 Å². The van der Waals surface area contributed by atoms with Crippen molar-refractivity contribution in [2.45, 2.75) is 73.6 Å². The summed E-state index contributed by atoms with van der Waals surface area (Å²) in [7, 11) is -1.46. The van der Waals surface area contributed by atoms with E-state index in [1.165, 1.54) is 12.5 Å². The number of carbonyl (C=O) groups is 1. The van der Waals surface area contributed by atoms with E-state index < -0.39 is 28.2 Å². The van der Waals surface area contributed by atoms with Crippen LogP contribution in [0.1, 0.15) is 66.9 Å². The highest BCUT2D eigenvalue weighted by Crippen LogP contribution is 2.55. The molecule has 6 rings (SSSR count). The number of carbonyl (C=O) groups excluding carboxylic acids is 1. The van der Waals surface area contributed by atoms with Gasteiger partial charge in [-0.25, -0.2) is 18.7 Å². The van der Waals surface area contributed by atoms with Crippen molar-refractivity contribution in [3.8, 4) is 0 Å². The number of alkyl halides is 2. The maximum absolute atomic E-state index is 13.4. The van der Waals surface area contributed by atoms with Gasteiger partial charge in [0.25, 0.3) is 5.91 Å². The lowest BCUT2D eigenvalue weighted by molar-refractivity contribution is -0.136. The zero-order chi connectivity index (χ0) is 20.6. The molecule has 0 spiro atoms. The number of aliphatic hydroxyl groups is 1. The minimum Gasteiger partial charge on any atom is -0.390 e. The standard InChI is InChI=1S/C20H25F2N3O3S/c1-29(28)18-23-9-14(16(25-18)13-7-20(21,22)8-13)17(26)24-15-11-2-10-3-12(15)6-19(27,4-10)5-11/h9-13,15,27H,2-8H2,1H3,(H,24,26). The molecule has 1 aromatic heterocycles. The molecule has 0 saturated heterocycles. The predicted octanol–water partition coefficient (Wildman–Crippen LogP) is 2.40. The molecule has 3 unspecified atom stereocenters. The highest BCUT2D eigenvalue weighted by atomic mass is 32.2. The van der Waals surface area contributed by atoms with E-state index in [1.807, 2.05) is 0 Å². The molecule has 4 bridgehead atoms. The van der Waals surface area contributed by atoms with Crippen LogP contribution in [-0.4, -0.2) is 49.0 Å². The summed E-state index contributed by atoms with van der Waals surface area (Å²) in [6, 6.07) is -0.0185. The Hall–Kier alpha value is -1.48. The Morgan fingerprint density at radius 2 is 1.86 bits per heavy atom. The van der Waals surface area contributed by atoms with Gasteiger partial charge >= 0.3 is 0 Å². The summed E-state index contributed by atoms with van der Waals surface area (Å²) in [6.07, 6.45) is 6.33. The zero-order valence-electron chi connectivity index (χ0n) is 16.2. The SMILES string of the molecule is CS(=O)c1ncc(C(=O)NC2C3CC4CC2CC(O)(C4)C3)c(C2CC(F)(F)C2)n1. The van der Waals surface area contributed by atoms with Crippen molar-refractivity contribution in [3.63, 3.8) is 0 Å². The number of rotatable bonds is 4.